The van der Waals surface area contributed by atoms with Crippen LogP contribution in [0, 0.1) is 20.8 Å². The van der Waals surface area contributed by atoms with Gasteiger partial charge in [0, 0.05) is 196 Å². The first-order chi connectivity index (χ1) is 44.1. The number of nitrogens with one attached hydrogen (secondary N) is 10. The van der Waals surface area contributed by atoms with Gasteiger partial charge in [-0.05, 0) is 96.1 Å². The monoisotopic (exact) mass is 1640 g/mol. The van der Waals surface area contributed by atoms with E-state index in [-0.39, 0.29) is 150 Å². The number of urea groups is 3. The maximum absolute atomic E-state index is 11.3. The second kappa shape index (κ2) is 87.4. The van der Waals surface area contributed by atoms with Crippen LogP contribution in [-0.2, 0) is 127 Å². The van der Waals surface area contributed by atoms with Crippen LogP contribution in [0.25, 0.3) is 0 Å². The molecule has 3 aromatic carbocycles. The Balaban J connectivity index is -0.000000111. The Labute approximate surface area is 663 Å². The van der Waals surface area contributed by atoms with Gasteiger partial charge in [-0.25, -0.2) is 24.0 Å². The third kappa shape index (κ3) is 106. The van der Waals surface area contributed by atoms with Crippen LogP contribution in [-0.4, -0.2) is 168 Å². The molecule has 0 heterocycles. The summed E-state index contributed by atoms with van der Waals surface area (Å²) in [6.07, 6.45) is 13.1. The summed E-state index contributed by atoms with van der Waals surface area (Å²) in [5.74, 6) is 0. The van der Waals surface area contributed by atoms with E-state index >= 15 is 0 Å². The smallest absolute Gasteiger partial charge is 0.407 e. The Morgan fingerprint density at radius 1 is 0.469 bits per heavy atom. The second-order valence-corrected chi connectivity index (χ2v) is 21.0. The van der Waals surface area contributed by atoms with Gasteiger partial charge in [0.1, 0.15) is 11.2 Å². The molecule has 3 radical (unpaired) electrons. The number of unbranched alkanes of at least 4 members (excludes halogenated alkanes) is 6. The molecule has 96 heavy (non-hydrogen) atoms. The number of hydrogen-bond acceptors (Lipinski definition) is 17. The van der Waals surface area contributed by atoms with Gasteiger partial charge in [0.25, 0.3) is 0 Å². The van der Waals surface area contributed by atoms with Crippen LogP contribution in [0.3, 0.4) is 0 Å². The van der Waals surface area contributed by atoms with E-state index in [1.807, 2.05) is 20.8 Å². The topological polar surface area (TPSA) is 423 Å². The number of carbonyl (C=O) groups is 5. The molecule has 27 nitrogen and oxygen atoms in total. The van der Waals surface area contributed by atoms with Crippen molar-refractivity contribution in [1.29, 1.82) is 0 Å². The minimum Gasteiger partial charge on any atom is -0.651 e. The molecule has 0 atom stereocenters. The summed E-state index contributed by atoms with van der Waals surface area (Å²) in [5, 5.41) is 50.4. The molecular weight excluding hydrogens is 1540 g/mol. The summed E-state index contributed by atoms with van der Waals surface area (Å²) in [6, 6.07) is 19.3. The van der Waals surface area contributed by atoms with E-state index in [1.165, 1.54) is 57.8 Å². The predicted octanol–water partition coefficient (Wildman–Crippen LogP) is 8.65. The van der Waals surface area contributed by atoms with Gasteiger partial charge in [-0.1, -0.05) is 119 Å². The summed E-state index contributed by atoms with van der Waals surface area (Å²) in [6.45, 7) is 33.2. The molecule has 0 aliphatic carbocycles. The number of rotatable bonds is 27. The van der Waals surface area contributed by atoms with E-state index < -0.39 is 29.4 Å². The van der Waals surface area contributed by atoms with E-state index in [0.717, 1.165) is 19.3 Å². The summed E-state index contributed by atoms with van der Waals surface area (Å²) in [7, 11) is 0. The zero-order valence-corrected chi connectivity index (χ0v) is 68.5. The summed E-state index contributed by atoms with van der Waals surface area (Å²) in [4.78, 5) is 84.6. The predicted molar refractivity (Wildman–Crippen MR) is 376 cm³/mol. The third-order valence-electron chi connectivity index (χ3n) is 8.67. The number of ether oxygens (including phenoxy) is 3. The molecule has 0 aliphatic heterocycles. The van der Waals surface area contributed by atoms with Crippen molar-refractivity contribution in [2.75, 3.05) is 108 Å². The van der Waals surface area contributed by atoms with Crippen LogP contribution in [0.4, 0.5) is 41.0 Å². The van der Waals surface area contributed by atoms with Crippen LogP contribution in [0.5, 0.6) is 0 Å². The standard InChI is InChI=1S/C10H11ClN3O2.C10H10ClN2O3.C9H11ClN2O2.C8H15N2O3.C7H16N2O2.3C5H11.2C2H7NO.3Y/c11-8-2-1-3-9(6-8)14-10(16)13-5-4-12-7-15;11-8-2-1-3-9(6-8)13-10(15)12-4-5-16-7-14;10-7-2-1-3-8(6-7)12-9(14)11-4-5-13;1-8(2,3)13-7(12)10-5-4-9-6-11;1-7(2,3)11-6(10)9-5-4-8;3*1-3-5-4-2;2*3-1-2-4;;;/h1-3,6H,4-5H2,(H,12,15)(H2,13,14,16);1-3,6H,4-5H2,(H2,12,13,15);1-3,6,13H,4-5H2,(H2,11,12,14);4-5H2,1-3H3,(H,9,11)(H,10,12);4-5,8H2,1-3H3,(H,9,10);3*1,3-5H2,2H3;2*4H,1-3H2;;;/q2*-1;;-1;;3*-1;;;;;. The number of aliphatic hydroxyl groups excluding tert-OH is 3. The number of amides is 10. The molecule has 0 saturated carbocycles. The number of carbonyl (C=O) groups excluding carboxylic acids is 8. The molecule has 0 saturated heterocycles. The van der Waals surface area contributed by atoms with Crippen molar-refractivity contribution >= 4 is 101 Å². The fourth-order valence-electron chi connectivity index (χ4n) is 4.77. The van der Waals surface area contributed by atoms with E-state index in [0.29, 0.717) is 84.5 Å². The zero-order valence-electron chi connectivity index (χ0n) is 57.7. The number of halogens is 3. The first-order valence-corrected chi connectivity index (χ1v) is 31.1. The summed E-state index contributed by atoms with van der Waals surface area (Å²) < 4.78 is 14.2. The SMILES string of the molecule is CC(C)(C)OC(=O)NCCN.CC(C)(C)OC(=O)NCCN[C-]=O.NCCO.NCCO.O=C(NCCO)Nc1cccc(Cl)c1.O=[C-]NCCNC(=O)Nc1cccc(Cl)c1.O=[C-]OCCNC(=O)Nc1cccc(Cl)c1.[CH2-]CCCC.[CH2-]CCCC.[CH2-]CCCC.[Y].[Y].[Y]. The van der Waals surface area contributed by atoms with Gasteiger partial charge in [0.15, 0.2) is 0 Å². The number of nitrogens with two attached hydrogens (primary N) is 3. The molecule has 33 heteroatoms. The zero-order chi connectivity index (χ0) is 72.4. The average molecular weight is 1650 g/mol. The number of aliphatic hydroxyl groups is 3. The maximum atomic E-state index is 11.3. The van der Waals surface area contributed by atoms with E-state index in [2.05, 4.69) is 99.4 Å². The molecule has 0 aromatic heterocycles. The Bertz CT molecular complexity index is 2160. The van der Waals surface area contributed by atoms with Crippen LogP contribution in [0.1, 0.15) is 120 Å². The van der Waals surface area contributed by atoms with E-state index in [4.69, 9.17) is 76.8 Å². The molecule has 0 unspecified atom stereocenters. The summed E-state index contributed by atoms with van der Waals surface area (Å²) in [5.41, 5.74) is 15.6. The normalized spacial score (nSPS) is 9.09. The first kappa shape index (κ1) is 114. The van der Waals surface area contributed by atoms with Crippen molar-refractivity contribution in [2.45, 2.75) is 131 Å². The van der Waals surface area contributed by atoms with Gasteiger partial charge >= 0.3 is 30.3 Å². The molecule has 3 aromatic rings. The van der Waals surface area contributed by atoms with Crippen molar-refractivity contribution in [3.8, 4) is 0 Å². The second-order valence-electron chi connectivity index (χ2n) is 19.7. The molecule has 0 aliphatic rings. The van der Waals surface area contributed by atoms with Gasteiger partial charge in [0.2, 0.25) is 0 Å². The number of anilines is 3. The Morgan fingerprint density at radius 3 is 1.01 bits per heavy atom. The van der Waals surface area contributed by atoms with Gasteiger partial charge in [-0.15, -0.1) is 0 Å². The average Bonchev–Trinajstić information content (AvgIpc) is 1.19. The Kier molecular flexibility index (Phi) is 104. The Morgan fingerprint density at radius 2 is 0.771 bits per heavy atom. The fourth-order valence-corrected chi connectivity index (χ4v) is 5.34. The van der Waals surface area contributed by atoms with Gasteiger partial charge in [-0.2, -0.15) is 32.1 Å². The van der Waals surface area contributed by atoms with Crippen molar-refractivity contribution in [1.82, 2.24) is 37.2 Å². The molecular formula is C63H110Cl3N13O14Y3-6. The van der Waals surface area contributed by atoms with Crippen molar-refractivity contribution in [3.05, 3.63) is 109 Å². The van der Waals surface area contributed by atoms with E-state index in [9.17, 15) is 38.4 Å². The molecule has 0 fully saturated rings. The van der Waals surface area contributed by atoms with Crippen molar-refractivity contribution < 1.29 is 166 Å². The van der Waals surface area contributed by atoms with E-state index in [1.54, 1.807) is 93.6 Å². The molecule has 19 N–H and O–H groups in total. The fraction of sp³-hybridized carbons (Fsp3) is 0.540. The van der Waals surface area contributed by atoms with Crippen molar-refractivity contribution in [2.24, 2.45) is 17.2 Å². The quantitative estimate of drug-likeness (QED) is 0.0147. The van der Waals surface area contributed by atoms with Crippen LogP contribution in [0.2, 0.25) is 15.1 Å². The number of benzene rings is 3. The number of alkyl carbamates (subject to hydrolysis) is 2. The molecule has 0 spiro atoms. The van der Waals surface area contributed by atoms with Crippen LogP contribution in [0.15, 0.2) is 72.8 Å². The van der Waals surface area contributed by atoms with Gasteiger partial charge in [-0.3, -0.25) is 0 Å². The van der Waals surface area contributed by atoms with Gasteiger partial charge in [0.05, 0.1) is 26.4 Å². The maximum Gasteiger partial charge on any atom is 0.407 e. The Hall–Kier alpha value is -3.64. The van der Waals surface area contributed by atoms with Gasteiger partial charge < -0.3 is 135 Å². The van der Waals surface area contributed by atoms with Crippen LogP contribution >= 0.6 is 34.8 Å². The minimum absolute atomic E-state index is 0. The molecule has 10 amide bonds. The molecule has 547 valence electrons. The third-order valence-corrected chi connectivity index (χ3v) is 9.38. The van der Waals surface area contributed by atoms with Crippen molar-refractivity contribution in [3.63, 3.8) is 0 Å². The summed E-state index contributed by atoms with van der Waals surface area (Å²) >= 11 is 17.2. The molecule has 3 rings (SSSR count). The molecule has 0 bridgehead atoms. The first-order valence-electron chi connectivity index (χ1n) is 30.0. The van der Waals surface area contributed by atoms with Crippen LogP contribution < -0.4 is 70.4 Å². The largest absolute Gasteiger partial charge is 0.651 e. The minimum atomic E-state index is -0.492. The number of hydrogen-bond donors (Lipinski definition) is 16.